The van der Waals surface area contributed by atoms with Gasteiger partial charge in [-0.2, -0.15) is 0 Å². The van der Waals surface area contributed by atoms with Gasteiger partial charge >= 0.3 is 0 Å². The van der Waals surface area contributed by atoms with Crippen LogP contribution in [0.25, 0.3) is 0 Å². The van der Waals surface area contributed by atoms with Crippen LogP contribution >= 0.6 is 0 Å². The van der Waals surface area contributed by atoms with Crippen molar-refractivity contribution in [3.8, 4) is 0 Å². The van der Waals surface area contributed by atoms with Crippen LogP contribution in [0.5, 0.6) is 0 Å². The minimum atomic E-state index is -0.145. The average molecular weight is 223 g/mol. The van der Waals surface area contributed by atoms with Crippen LogP contribution in [-0.2, 0) is 5.41 Å². The Labute approximate surface area is 98.5 Å². The van der Waals surface area contributed by atoms with Gasteiger partial charge in [0.05, 0.1) is 5.69 Å². The van der Waals surface area contributed by atoms with Crippen molar-refractivity contribution in [2.75, 3.05) is 11.9 Å². The van der Waals surface area contributed by atoms with Crippen molar-refractivity contribution in [2.24, 2.45) is 5.92 Å². The third-order valence-electron chi connectivity index (χ3n) is 3.11. The van der Waals surface area contributed by atoms with Crippen LogP contribution in [0.1, 0.15) is 40.6 Å². The second-order valence-electron chi connectivity index (χ2n) is 5.77. The first-order valence-electron chi connectivity index (χ1n) is 6.01. The Morgan fingerprint density at radius 2 is 2.06 bits per heavy atom. The first-order chi connectivity index (χ1) is 7.47. The molecule has 1 fully saturated rings. The van der Waals surface area contributed by atoms with Crippen molar-refractivity contribution in [1.82, 2.24) is 0 Å². The number of halogens is 1. The zero-order chi connectivity index (χ0) is 11.8. The quantitative estimate of drug-likeness (QED) is 0.810. The normalized spacial score (nSPS) is 16.2. The van der Waals surface area contributed by atoms with E-state index in [1.165, 1.54) is 18.4 Å². The van der Waals surface area contributed by atoms with Crippen molar-refractivity contribution in [3.05, 3.63) is 29.6 Å². The molecule has 2 rings (SSSR count). The summed E-state index contributed by atoms with van der Waals surface area (Å²) >= 11 is 0. The fourth-order valence-corrected chi connectivity index (χ4v) is 1.70. The van der Waals surface area contributed by atoms with E-state index < -0.39 is 0 Å². The van der Waals surface area contributed by atoms with E-state index in [-0.39, 0.29) is 12.7 Å². The summed E-state index contributed by atoms with van der Waals surface area (Å²) in [5.41, 5.74) is 1.90. The Morgan fingerprint density at radius 1 is 1.38 bits per heavy atom. The molecule has 0 saturated heterocycles. The number of benzene rings is 1. The molecule has 0 amide bonds. The number of rotatable bonds is 3. The highest BCUT2D eigenvalue weighted by Gasteiger charge is 2.21. The van der Waals surface area contributed by atoms with Gasteiger partial charge in [-0.05, 0) is 41.9 Å². The third-order valence-corrected chi connectivity index (χ3v) is 3.11. The van der Waals surface area contributed by atoms with Gasteiger partial charge in [0.2, 0.25) is 0 Å². The van der Waals surface area contributed by atoms with Gasteiger partial charge in [-0.3, -0.25) is 0 Å². The third kappa shape index (κ3) is 2.75. The van der Waals surface area contributed by atoms with Gasteiger partial charge < -0.3 is 5.32 Å². The summed E-state index contributed by atoms with van der Waals surface area (Å²) in [4.78, 5) is 0. The summed E-state index contributed by atoms with van der Waals surface area (Å²) < 4.78 is 13.6. The first kappa shape index (κ1) is 11.4. The topological polar surface area (TPSA) is 12.0 Å². The predicted octanol–water partition coefficient (Wildman–Crippen LogP) is 4.19. The SMILES string of the molecule is CC(C)(C)c1ccc(F)c(NCC2CC2)c1.[HH]. The molecule has 0 aromatic heterocycles. The van der Waals surface area contributed by atoms with Crippen molar-refractivity contribution in [1.29, 1.82) is 0 Å². The Balaban J connectivity index is 0.00000144. The molecule has 0 unspecified atom stereocenters. The Hall–Kier alpha value is -1.05. The molecule has 2 heteroatoms. The number of hydrogen-bond donors (Lipinski definition) is 1. The molecule has 90 valence electrons. The predicted molar refractivity (Wildman–Crippen MR) is 68.4 cm³/mol. The van der Waals surface area contributed by atoms with Gasteiger partial charge in [0.15, 0.2) is 0 Å². The number of anilines is 1. The van der Waals surface area contributed by atoms with E-state index >= 15 is 0 Å². The smallest absolute Gasteiger partial charge is 0.146 e. The lowest BCUT2D eigenvalue weighted by Gasteiger charge is -2.20. The van der Waals surface area contributed by atoms with Crippen LogP contribution in [-0.4, -0.2) is 6.54 Å². The summed E-state index contributed by atoms with van der Waals surface area (Å²) in [6.07, 6.45) is 2.57. The minimum absolute atomic E-state index is 0. The summed E-state index contributed by atoms with van der Waals surface area (Å²) in [6, 6.07) is 5.38. The maximum atomic E-state index is 13.6. The molecule has 1 aromatic carbocycles. The lowest BCUT2D eigenvalue weighted by molar-refractivity contribution is 0.583. The van der Waals surface area contributed by atoms with Gasteiger partial charge in [-0.25, -0.2) is 4.39 Å². The molecule has 1 aliphatic carbocycles. The second-order valence-corrected chi connectivity index (χ2v) is 5.77. The van der Waals surface area contributed by atoms with Crippen molar-refractivity contribution < 1.29 is 5.82 Å². The highest BCUT2D eigenvalue weighted by molar-refractivity contribution is 5.49. The molecule has 0 spiro atoms. The second kappa shape index (κ2) is 4.08. The lowest BCUT2D eigenvalue weighted by Crippen LogP contribution is -2.13. The zero-order valence-electron chi connectivity index (χ0n) is 10.3. The average Bonchev–Trinajstić information content (AvgIpc) is 2.98. The van der Waals surface area contributed by atoms with E-state index in [9.17, 15) is 4.39 Å². The van der Waals surface area contributed by atoms with Crippen LogP contribution in [0.3, 0.4) is 0 Å². The molecule has 0 atom stereocenters. The Morgan fingerprint density at radius 3 is 2.62 bits per heavy atom. The highest BCUT2D eigenvalue weighted by Crippen LogP contribution is 2.30. The van der Waals surface area contributed by atoms with Gasteiger partial charge in [-0.1, -0.05) is 26.8 Å². The summed E-state index contributed by atoms with van der Waals surface area (Å²) in [7, 11) is 0. The van der Waals surface area contributed by atoms with Crippen molar-refractivity contribution >= 4 is 5.69 Å². The van der Waals surface area contributed by atoms with E-state index in [0.717, 1.165) is 12.5 Å². The van der Waals surface area contributed by atoms with E-state index in [0.29, 0.717) is 5.69 Å². The molecule has 0 aliphatic heterocycles. The molecule has 1 saturated carbocycles. The van der Waals surface area contributed by atoms with Gasteiger partial charge in [0.1, 0.15) is 5.82 Å². The van der Waals surface area contributed by atoms with E-state index in [4.69, 9.17) is 0 Å². The van der Waals surface area contributed by atoms with Gasteiger partial charge in [0, 0.05) is 7.97 Å². The fourth-order valence-electron chi connectivity index (χ4n) is 1.70. The van der Waals surface area contributed by atoms with Crippen LogP contribution in [0.15, 0.2) is 18.2 Å². The van der Waals surface area contributed by atoms with Crippen LogP contribution in [0.2, 0.25) is 0 Å². The van der Waals surface area contributed by atoms with Crippen molar-refractivity contribution in [3.63, 3.8) is 0 Å². The number of nitrogens with one attached hydrogen (secondary N) is 1. The van der Waals surface area contributed by atoms with E-state index in [1.54, 1.807) is 6.07 Å². The highest BCUT2D eigenvalue weighted by atomic mass is 19.1. The summed E-state index contributed by atoms with van der Waals surface area (Å²) in [6.45, 7) is 7.34. The number of hydrogen-bond acceptors (Lipinski definition) is 1. The summed E-state index contributed by atoms with van der Waals surface area (Å²) in [5, 5.41) is 3.21. The molecule has 0 radical (unpaired) electrons. The van der Waals surface area contributed by atoms with Crippen molar-refractivity contribution in [2.45, 2.75) is 39.0 Å². The van der Waals surface area contributed by atoms with Crippen LogP contribution in [0.4, 0.5) is 10.1 Å². The summed E-state index contributed by atoms with van der Waals surface area (Å²) in [5.74, 6) is 0.617. The Kier molecular flexibility index (Phi) is 2.92. The zero-order valence-corrected chi connectivity index (χ0v) is 10.3. The maximum absolute atomic E-state index is 13.6. The standard InChI is InChI=1S/C14H20FN.H2/c1-14(2,3)11-6-7-12(15)13(8-11)16-9-10-4-5-10;/h6-8,10,16H,4-5,9H2,1-3H3;1H. The Bertz CT molecular complexity index is 380. The minimum Gasteiger partial charge on any atom is -0.382 e. The fraction of sp³-hybridized carbons (Fsp3) is 0.571. The first-order valence-corrected chi connectivity index (χ1v) is 6.01. The monoisotopic (exact) mass is 223 g/mol. The molecule has 0 bridgehead atoms. The molecule has 16 heavy (non-hydrogen) atoms. The molecular formula is C14H22FN. The van der Waals surface area contributed by atoms with E-state index in [2.05, 4.69) is 26.1 Å². The molecular weight excluding hydrogens is 201 g/mol. The van der Waals surface area contributed by atoms with Crippen LogP contribution in [0, 0.1) is 11.7 Å². The molecule has 1 N–H and O–H groups in total. The molecule has 1 aliphatic rings. The van der Waals surface area contributed by atoms with E-state index in [1.807, 2.05) is 12.1 Å². The van der Waals surface area contributed by atoms with Gasteiger partial charge in [-0.15, -0.1) is 0 Å². The molecule has 1 nitrogen and oxygen atoms in total. The molecule has 1 aromatic rings. The lowest BCUT2D eigenvalue weighted by atomic mass is 9.87. The molecule has 0 heterocycles. The largest absolute Gasteiger partial charge is 0.382 e. The maximum Gasteiger partial charge on any atom is 0.146 e. The van der Waals surface area contributed by atoms with Gasteiger partial charge in [0.25, 0.3) is 0 Å². The van der Waals surface area contributed by atoms with Crippen LogP contribution < -0.4 is 5.32 Å².